The van der Waals surface area contributed by atoms with Crippen LogP contribution in [-0.4, -0.2) is 24.4 Å². The average Bonchev–Trinajstić information content (AvgIpc) is 2.69. The highest BCUT2D eigenvalue weighted by molar-refractivity contribution is 6.73. The Morgan fingerprint density at radius 3 is 2.16 bits per heavy atom. The van der Waals surface area contributed by atoms with E-state index < -0.39 is 13.8 Å². The molecule has 0 amide bonds. The first-order valence-corrected chi connectivity index (χ1v) is 14.5. The largest absolute Gasteiger partial charge is 0.460 e. The van der Waals surface area contributed by atoms with Crippen molar-refractivity contribution in [2.24, 2.45) is 0 Å². The molecule has 0 radical (unpaired) electrons. The Morgan fingerprint density at radius 1 is 0.903 bits per heavy atom. The molecule has 3 aromatic rings. The number of hydrogen-bond acceptors (Lipinski definition) is 3. The second-order valence-electron chi connectivity index (χ2n) is 10.2. The molecule has 0 spiro atoms. The van der Waals surface area contributed by atoms with Gasteiger partial charge in [0.05, 0.1) is 6.42 Å². The molecule has 1 atom stereocenters. The lowest BCUT2D eigenvalue weighted by molar-refractivity contribution is -0.156. The topological polar surface area (TPSA) is 29.5 Å². The molecular formula is C27H35NO2Si. The highest BCUT2D eigenvalue weighted by Crippen LogP contribution is 2.36. The average molecular weight is 434 g/mol. The third-order valence-electron chi connectivity index (χ3n) is 5.40. The molecule has 0 N–H and O–H groups in total. The van der Waals surface area contributed by atoms with E-state index in [1.165, 1.54) is 21.9 Å². The molecule has 0 fully saturated rings. The van der Waals surface area contributed by atoms with Crippen LogP contribution in [0.1, 0.15) is 44.4 Å². The fourth-order valence-electron chi connectivity index (χ4n) is 4.07. The summed E-state index contributed by atoms with van der Waals surface area (Å²) < 4.78 is 8.33. The van der Waals surface area contributed by atoms with Crippen molar-refractivity contribution in [2.45, 2.75) is 65.0 Å². The molecule has 0 saturated heterocycles. The molecule has 3 aromatic carbocycles. The number of benzene rings is 3. The standard InChI is InChI=1S/C27H35NO2Si/c1-27(2,3)30-26(29)19-25(24-18-12-16-22-15-10-11-17-23(22)24)28(31(4,5)6)20-21-13-8-7-9-14-21/h7-18,25H,19-20H2,1-6H3/t25-/m1/s1. The van der Waals surface area contributed by atoms with Crippen LogP contribution in [0.5, 0.6) is 0 Å². The first-order chi connectivity index (χ1) is 14.5. The summed E-state index contributed by atoms with van der Waals surface area (Å²) in [4.78, 5) is 13.0. The number of esters is 1. The summed E-state index contributed by atoms with van der Waals surface area (Å²) in [5.74, 6) is -0.151. The van der Waals surface area contributed by atoms with Crippen molar-refractivity contribution in [3.8, 4) is 0 Å². The Morgan fingerprint density at radius 2 is 1.52 bits per heavy atom. The zero-order valence-electron chi connectivity index (χ0n) is 19.7. The number of carbonyl (C=O) groups excluding carboxylic acids is 1. The van der Waals surface area contributed by atoms with Gasteiger partial charge in [0.2, 0.25) is 0 Å². The van der Waals surface area contributed by atoms with Crippen molar-refractivity contribution in [1.29, 1.82) is 0 Å². The van der Waals surface area contributed by atoms with Crippen molar-refractivity contribution in [3.63, 3.8) is 0 Å². The summed E-state index contributed by atoms with van der Waals surface area (Å²) >= 11 is 0. The minimum Gasteiger partial charge on any atom is -0.460 e. The van der Waals surface area contributed by atoms with Crippen LogP contribution in [0.15, 0.2) is 72.8 Å². The molecule has 0 aromatic heterocycles. The van der Waals surface area contributed by atoms with Gasteiger partial charge in [-0.2, -0.15) is 0 Å². The molecule has 0 saturated carbocycles. The van der Waals surface area contributed by atoms with Gasteiger partial charge in [0, 0.05) is 12.6 Å². The number of nitrogens with zero attached hydrogens (tertiary/aromatic N) is 1. The van der Waals surface area contributed by atoms with Crippen LogP contribution in [-0.2, 0) is 16.1 Å². The maximum Gasteiger partial charge on any atom is 0.308 e. The van der Waals surface area contributed by atoms with E-state index in [0.717, 1.165) is 6.54 Å². The third-order valence-corrected chi connectivity index (χ3v) is 7.59. The molecule has 4 heteroatoms. The van der Waals surface area contributed by atoms with Gasteiger partial charge in [0.1, 0.15) is 13.8 Å². The van der Waals surface area contributed by atoms with E-state index in [1.54, 1.807) is 0 Å². The number of carbonyl (C=O) groups is 1. The van der Waals surface area contributed by atoms with Gasteiger partial charge in [-0.25, -0.2) is 0 Å². The van der Waals surface area contributed by atoms with Crippen LogP contribution < -0.4 is 0 Å². The van der Waals surface area contributed by atoms with Gasteiger partial charge < -0.3 is 9.30 Å². The summed E-state index contributed by atoms with van der Waals surface area (Å²) in [7, 11) is -1.80. The van der Waals surface area contributed by atoms with Crippen molar-refractivity contribution < 1.29 is 9.53 Å². The first kappa shape index (κ1) is 23.2. The van der Waals surface area contributed by atoms with Crippen LogP contribution in [0.25, 0.3) is 10.8 Å². The summed E-state index contributed by atoms with van der Waals surface area (Å²) in [5.41, 5.74) is 1.96. The summed E-state index contributed by atoms with van der Waals surface area (Å²) in [6.07, 6.45) is 0.336. The smallest absolute Gasteiger partial charge is 0.308 e. The minimum absolute atomic E-state index is 0.0483. The molecule has 3 nitrogen and oxygen atoms in total. The normalized spacial score (nSPS) is 13.4. The summed E-state index contributed by atoms with van der Waals surface area (Å²) in [6, 6.07) is 25.4. The predicted octanol–water partition coefficient (Wildman–Crippen LogP) is 6.95. The Bertz CT molecular complexity index is 1010. The van der Waals surface area contributed by atoms with Crippen LogP contribution in [0.3, 0.4) is 0 Å². The zero-order valence-corrected chi connectivity index (χ0v) is 20.7. The predicted molar refractivity (Wildman–Crippen MR) is 132 cm³/mol. The van der Waals surface area contributed by atoms with Gasteiger partial charge >= 0.3 is 5.97 Å². The van der Waals surface area contributed by atoms with Gasteiger partial charge in [-0.1, -0.05) is 92.4 Å². The second kappa shape index (κ2) is 9.37. The lowest BCUT2D eigenvalue weighted by atomic mass is 9.96. The number of fused-ring (bicyclic) bond motifs is 1. The van der Waals surface area contributed by atoms with E-state index in [9.17, 15) is 4.79 Å². The molecule has 31 heavy (non-hydrogen) atoms. The highest BCUT2D eigenvalue weighted by Gasteiger charge is 2.34. The molecule has 0 heterocycles. The Balaban J connectivity index is 2.09. The van der Waals surface area contributed by atoms with Crippen molar-refractivity contribution >= 4 is 25.0 Å². The molecule has 164 valence electrons. The van der Waals surface area contributed by atoms with E-state index >= 15 is 0 Å². The molecular weight excluding hydrogens is 398 g/mol. The minimum atomic E-state index is -1.80. The Labute approximate surface area is 188 Å². The molecule has 0 aliphatic heterocycles. The molecule has 0 aliphatic carbocycles. The van der Waals surface area contributed by atoms with Gasteiger partial charge in [0.15, 0.2) is 0 Å². The molecule has 0 bridgehead atoms. The zero-order chi connectivity index (χ0) is 22.6. The quantitative estimate of drug-likeness (QED) is 0.298. The lowest BCUT2D eigenvalue weighted by Gasteiger charge is -2.41. The fourth-order valence-corrected chi connectivity index (χ4v) is 5.89. The van der Waals surface area contributed by atoms with Crippen molar-refractivity contribution in [2.75, 3.05) is 0 Å². The molecule has 0 unspecified atom stereocenters. The van der Waals surface area contributed by atoms with Gasteiger partial charge in [-0.15, -0.1) is 0 Å². The van der Waals surface area contributed by atoms with Crippen molar-refractivity contribution in [3.05, 3.63) is 83.9 Å². The van der Waals surface area contributed by atoms with E-state index in [1.807, 2.05) is 26.8 Å². The highest BCUT2D eigenvalue weighted by atomic mass is 28.3. The maximum absolute atomic E-state index is 13.0. The fraction of sp³-hybridized carbons (Fsp3) is 0.370. The number of ether oxygens (including phenoxy) is 1. The van der Waals surface area contributed by atoms with E-state index in [-0.39, 0.29) is 12.0 Å². The monoisotopic (exact) mass is 433 g/mol. The van der Waals surface area contributed by atoms with Gasteiger partial charge in [-0.3, -0.25) is 4.79 Å². The number of hydrogen-bond donors (Lipinski definition) is 0. The third kappa shape index (κ3) is 6.28. The first-order valence-electron chi connectivity index (χ1n) is 11.0. The maximum atomic E-state index is 13.0. The molecule has 0 aliphatic rings. The number of rotatable bonds is 7. The Kier molecular flexibility index (Phi) is 7.02. The van der Waals surface area contributed by atoms with E-state index in [0.29, 0.717) is 6.42 Å². The molecule has 3 rings (SSSR count). The van der Waals surface area contributed by atoms with E-state index in [4.69, 9.17) is 4.74 Å². The van der Waals surface area contributed by atoms with Crippen LogP contribution in [0, 0.1) is 0 Å². The van der Waals surface area contributed by atoms with Gasteiger partial charge in [-0.05, 0) is 42.7 Å². The lowest BCUT2D eigenvalue weighted by Crippen LogP contribution is -2.48. The van der Waals surface area contributed by atoms with Crippen molar-refractivity contribution in [1.82, 2.24) is 4.57 Å². The van der Waals surface area contributed by atoms with Crippen LogP contribution in [0.2, 0.25) is 19.6 Å². The SMILES string of the molecule is CC(C)(C)OC(=O)C[C@H](c1cccc2ccccc12)N(Cc1ccccc1)[Si](C)(C)C. The summed E-state index contributed by atoms with van der Waals surface area (Å²) in [5, 5.41) is 2.40. The van der Waals surface area contributed by atoms with Crippen LogP contribution in [0.4, 0.5) is 0 Å². The second-order valence-corrected chi connectivity index (χ2v) is 15.1. The van der Waals surface area contributed by atoms with Crippen LogP contribution >= 0.6 is 0 Å². The van der Waals surface area contributed by atoms with Gasteiger partial charge in [0.25, 0.3) is 0 Å². The Hall–Kier alpha value is -2.43. The summed E-state index contributed by atoms with van der Waals surface area (Å²) in [6.45, 7) is 13.6. The van der Waals surface area contributed by atoms with E-state index in [2.05, 4.69) is 90.9 Å².